The minimum atomic E-state index is -0.707. The Bertz CT molecular complexity index is 692. The van der Waals surface area contributed by atoms with Gasteiger partial charge in [0, 0.05) is 24.8 Å². The number of amides is 1. The molecule has 116 valence electrons. The van der Waals surface area contributed by atoms with Crippen LogP contribution in [0.5, 0.6) is 5.75 Å². The molecule has 1 aromatic heterocycles. The van der Waals surface area contributed by atoms with Crippen LogP contribution in [0.1, 0.15) is 25.7 Å². The molecule has 0 aliphatic heterocycles. The first-order valence-corrected chi connectivity index (χ1v) is 7.36. The maximum Gasteiger partial charge on any atom is 0.329 e. The van der Waals surface area contributed by atoms with Gasteiger partial charge in [-0.2, -0.15) is 0 Å². The zero-order chi connectivity index (χ0) is 15.7. The van der Waals surface area contributed by atoms with Crippen molar-refractivity contribution in [2.24, 2.45) is 0 Å². The monoisotopic (exact) mass is 303 g/mol. The van der Waals surface area contributed by atoms with E-state index in [0.717, 1.165) is 25.7 Å². The van der Waals surface area contributed by atoms with Gasteiger partial charge in [0.05, 0.1) is 5.69 Å². The van der Waals surface area contributed by atoms with Gasteiger partial charge < -0.3 is 10.0 Å². The van der Waals surface area contributed by atoms with E-state index in [0.29, 0.717) is 11.3 Å². The molecule has 1 aliphatic rings. The highest BCUT2D eigenvalue weighted by Gasteiger charge is 2.24. The molecule has 3 rings (SSSR count). The Morgan fingerprint density at radius 2 is 2.14 bits per heavy atom. The molecular formula is C16H18FN3O2. The average molecular weight is 303 g/mol. The van der Waals surface area contributed by atoms with E-state index in [1.165, 1.54) is 23.0 Å². The predicted molar refractivity (Wildman–Crippen MR) is 80.1 cm³/mol. The van der Waals surface area contributed by atoms with Gasteiger partial charge in [-0.3, -0.25) is 4.57 Å². The van der Waals surface area contributed by atoms with Crippen LogP contribution in [-0.4, -0.2) is 38.7 Å². The highest BCUT2D eigenvalue weighted by atomic mass is 19.1. The van der Waals surface area contributed by atoms with Crippen molar-refractivity contribution >= 4 is 6.03 Å². The van der Waals surface area contributed by atoms with Crippen LogP contribution < -0.4 is 0 Å². The Kier molecular flexibility index (Phi) is 3.83. The number of carbonyl (C=O) groups is 1. The third kappa shape index (κ3) is 2.68. The largest absolute Gasteiger partial charge is 0.505 e. The molecule has 0 spiro atoms. The highest BCUT2D eigenvalue weighted by molar-refractivity contribution is 5.78. The minimum absolute atomic E-state index is 0.134. The fourth-order valence-electron chi connectivity index (χ4n) is 2.87. The number of benzene rings is 1. The van der Waals surface area contributed by atoms with Gasteiger partial charge in [-0.25, -0.2) is 14.2 Å². The maximum absolute atomic E-state index is 13.4. The zero-order valence-corrected chi connectivity index (χ0v) is 12.4. The first-order chi connectivity index (χ1) is 10.6. The number of phenols is 1. The Balaban J connectivity index is 1.80. The number of nitrogens with zero attached hydrogens (tertiary/aromatic N) is 3. The van der Waals surface area contributed by atoms with E-state index < -0.39 is 11.6 Å². The summed E-state index contributed by atoms with van der Waals surface area (Å²) in [6.45, 7) is 0. The molecule has 1 N–H and O–H groups in total. The second kappa shape index (κ2) is 5.79. The number of hydrogen-bond donors (Lipinski definition) is 1. The Morgan fingerprint density at radius 1 is 1.41 bits per heavy atom. The van der Waals surface area contributed by atoms with Crippen molar-refractivity contribution in [3.63, 3.8) is 0 Å². The lowest BCUT2D eigenvalue weighted by atomic mass is 10.1. The molecule has 0 saturated heterocycles. The fourth-order valence-corrected chi connectivity index (χ4v) is 2.87. The SMILES string of the molecule is CN(C(=O)n1cnc(-c2ccc(O)c(F)c2)c1)C1CCCC1. The summed E-state index contributed by atoms with van der Waals surface area (Å²) in [4.78, 5) is 18.3. The molecule has 5 nitrogen and oxygen atoms in total. The second-order valence-corrected chi connectivity index (χ2v) is 5.66. The molecule has 2 aromatic rings. The Hall–Kier alpha value is -2.37. The highest BCUT2D eigenvalue weighted by Crippen LogP contribution is 2.25. The number of carbonyl (C=O) groups excluding carboxylic acids is 1. The molecule has 1 saturated carbocycles. The van der Waals surface area contributed by atoms with Crippen LogP contribution in [0.2, 0.25) is 0 Å². The number of hydrogen-bond acceptors (Lipinski definition) is 3. The van der Waals surface area contributed by atoms with Crippen LogP contribution >= 0.6 is 0 Å². The van der Waals surface area contributed by atoms with Crippen LogP contribution in [0.15, 0.2) is 30.7 Å². The van der Waals surface area contributed by atoms with Gasteiger partial charge in [0.15, 0.2) is 11.6 Å². The molecule has 0 atom stereocenters. The van der Waals surface area contributed by atoms with Crippen molar-refractivity contribution in [1.29, 1.82) is 0 Å². The lowest BCUT2D eigenvalue weighted by molar-refractivity contribution is 0.192. The van der Waals surface area contributed by atoms with Gasteiger partial charge in [0.25, 0.3) is 0 Å². The van der Waals surface area contributed by atoms with Crippen LogP contribution in [0.25, 0.3) is 11.3 Å². The molecule has 1 aromatic carbocycles. The van der Waals surface area contributed by atoms with Crippen molar-refractivity contribution in [2.75, 3.05) is 7.05 Å². The van der Waals surface area contributed by atoms with Crippen molar-refractivity contribution in [2.45, 2.75) is 31.7 Å². The number of phenolic OH excluding ortho intramolecular Hbond substituents is 1. The number of aromatic nitrogens is 2. The summed E-state index contributed by atoms with van der Waals surface area (Å²) >= 11 is 0. The van der Waals surface area contributed by atoms with Crippen LogP contribution in [0.3, 0.4) is 0 Å². The van der Waals surface area contributed by atoms with E-state index in [1.54, 1.807) is 24.2 Å². The first kappa shape index (κ1) is 14.6. The van der Waals surface area contributed by atoms with Gasteiger partial charge in [-0.05, 0) is 31.0 Å². The molecule has 0 radical (unpaired) electrons. The first-order valence-electron chi connectivity index (χ1n) is 7.36. The van der Waals surface area contributed by atoms with Crippen molar-refractivity contribution in [1.82, 2.24) is 14.5 Å². The minimum Gasteiger partial charge on any atom is -0.505 e. The van der Waals surface area contributed by atoms with Gasteiger partial charge in [0.1, 0.15) is 6.33 Å². The third-order valence-electron chi connectivity index (χ3n) is 4.22. The molecular weight excluding hydrogens is 285 g/mol. The summed E-state index contributed by atoms with van der Waals surface area (Å²) < 4.78 is 14.8. The summed E-state index contributed by atoms with van der Waals surface area (Å²) in [5, 5.41) is 9.22. The summed E-state index contributed by atoms with van der Waals surface area (Å²) in [7, 11) is 1.80. The van der Waals surface area contributed by atoms with Gasteiger partial charge >= 0.3 is 6.03 Å². The van der Waals surface area contributed by atoms with E-state index in [2.05, 4.69) is 4.98 Å². The van der Waals surface area contributed by atoms with E-state index in [1.807, 2.05) is 0 Å². The smallest absolute Gasteiger partial charge is 0.329 e. The normalized spacial score (nSPS) is 15.2. The molecule has 1 amide bonds. The second-order valence-electron chi connectivity index (χ2n) is 5.66. The van der Waals surface area contributed by atoms with Crippen molar-refractivity contribution in [3.8, 4) is 17.0 Å². The van der Waals surface area contributed by atoms with Gasteiger partial charge in [-0.15, -0.1) is 0 Å². The molecule has 0 bridgehead atoms. The number of halogens is 1. The van der Waals surface area contributed by atoms with Crippen LogP contribution in [0, 0.1) is 5.82 Å². The van der Waals surface area contributed by atoms with Crippen LogP contribution in [-0.2, 0) is 0 Å². The predicted octanol–water partition coefficient (Wildman–Crippen LogP) is 3.24. The summed E-state index contributed by atoms with van der Waals surface area (Å²) in [6.07, 6.45) is 7.40. The standard InChI is InChI=1S/C16H18FN3O2/c1-19(12-4-2-3-5-12)16(22)20-9-14(18-10-20)11-6-7-15(21)13(17)8-11/h6-10,12,21H,2-5H2,1H3. The zero-order valence-electron chi connectivity index (χ0n) is 12.4. The fraction of sp³-hybridized carbons (Fsp3) is 0.375. The summed E-state index contributed by atoms with van der Waals surface area (Å²) in [5.74, 6) is -1.11. The van der Waals surface area contributed by atoms with E-state index in [4.69, 9.17) is 0 Å². The van der Waals surface area contributed by atoms with Crippen LogP contribution in [0.4, 0.5) is 9.18 Å². The molecule has 0 unspecified atom stereocenters. The quantitative estimate of drug-likeness (QED) is 0.926. The lowest BCUT2D eigenvalue weighted by Crippen LogP contribution is -2.37. The maximum atomic E-state index is 13.4. The lowest BCUT2D eigenvalue weighted by Gasteiger charge is -2.23. The molecule has 1 fully saturated rings. The Labute approximate surface area is 128 Å². The van der Waals surface area contributed by atoms with E-state index in [-0.39, 0.29) is 12.1 Å². The average Bonchev–Trinajstić information content (AvgIpc) is 3.19. The van der Waals surface area contributed by atoms with Crippen molar-refractivity contribution in [3.05, 3.63) is 36.5 Å². The molecule has 1 aliphatic carbocycles. The topological polar surface area (TPSA) is 58.4 Å². The van der Waals surface area contributed by atoms with E-state index in [9.17, 15) is 14.3 Å². The van der Waals surface area contributed by atoms with Gasteiger partial charge in [0.2, 0.25) is 0 Å². The number of rotatable bonds is 2. The molecule has 1 heterocycles. The van der Waals surface area contributed by atoms with Crippen molar-refractivity contribution < 1.29 is 14.3 Å². The van der Waals surface area contributed by atoms with E-state index >= 15 is 0 Å². The third-order valence-corrected chi connectivity index (χ3v) is 4.22. The Morgan fingerprint density at radius 3 is 2.82 bits per heavy atom. The molecule has 6 heteroatoms. The summed E-state index contributed by atoms with van der Waals surface area (Å²) in [6, 6.07) is 4.19. The number of aromatic hydroxyl groups is 1. The van der Waals surface area contributed by atoms with Gasteiger partial charge in [-0.1, -0.05) is 12.8 Å². The molecule has 22 heavy (non-hydrogen) atoms. The summed E-state index contributed by atoms with van der Waals surface area (Å²) in [5.41, 5.74) is 1.01. The number of imidazole rings is 1.